The molecule has 0 saturated carbocycles. The van der Waals surface area contributed by atoms with Crippen molar-refractivity contribution in [3.05, 3.63) is 29.3 Å². The molecule has 1 N–H and O–H groups in total. The van der Waals surface area contributed by atoms with Crippen LogP contribution >= 0.6 is 0 Å². The average molecular weight is 247 g/mol. The van der Waals surface area contributed by atoms with Crippen molar-refractivity contribution >= 4 is 0 Å². The van der Waals surface area contributed by atoms with Crippen LogP contribution in [0.3, 0.4) is 0 Å². The summed E-state index contributed by atoms with van der Waals surface area (Å²) in [5, 5.41) is 3.62. The van der Waals surface area contributed by atoms with Crippen LogP contribution in [0.2, 0.25) is 0 Å². The Bertz CT molecular complexity index is 375. The first-order chi connectivity index (χ1) is 8.83. The van der Waals surface area contributed by atoms with E-state index >= 15 is 0 Å². The van der Waals surface area contributed by atoms with Crippen molar-refractivity contribution in [2.75, 3.05) is 13.2 Å². The lowest BCUT2D eigenvalue weighted by atomic mass is 10.0. The third kappa shape index (κ3) is 3.49. The molecule has 0 spiro atoms. The molecule has 1 heterocycles. The summed E-state index contributed by atoms with van der Waals surface area (Å²) in [6, 6.07) is 7.35. The van der Waals surface area contributed by atoms with Crippen LogP contribution in [0.5, 0.6) is 5.75 Å². The summed E-state index contributed by atoms with van der Waals surface area (Å²) in [6.07, 6.45) is 5.91. The zero-order valence-corrected chi connectivity index (χ0v) is 11.7. The molecule has 1 aromatic carbocycles. The Labute approximate surface area is 111 Å². The van der Waals surface area contributed by atoms with Gasteiger partial charge >= 0.3 is 0 Å². The van der Waals surface area contributed by atoms with Crippen LogP contribution in [0.25, 0.3) is 0 Å². The molecular formula is C16H25NO. The largest absolute Gasteiger partial charge is 0.493 e. The van der Waals surface area contributed by atoms with Crippen molar-refractivity contribution in [3.63, 3.8) is 0 Å². The van der Waals surface area contributed by atoms with Gasteiger partial charge in [0.15, 0.2) is 0 Å². The normalized spacial score (nSPS) is 15.2. The zero-order valence-electron chi connectivity index (χ0n) is 11.7. The molecule has 0 bridgehead atoms. The maximum absolute atomic E-state index is 5.54. The van der Waals surface area contributed by atoms with E-state index in [0.717, 1.165) is 25.3 Å². The Morgan fingerprint density at radius 2 is 2.22 bits per heavy atom. The lowest BCUT2D eigenvalue weighted by molar-refractivity contribution is 0.357. The molecule has 1 aliphatic heterocycles. The number of fused-ring (bicyclic) bond motifs is 1. The van der Waals surface area contributed by atoms with Gasteiger partial charge in [0.05, 0.1) is 6.61 Å². The van der Waals surface area contributed by atoms with Crippen molar-refractivity contribution in [2.24, 2.45) is 0 Å². The van der Waals surface area contributed by atoms with E-state index in [2.05, 4.69) is 37.4 Å². The van der Waals surface area contributed by atoms with Crippen LogP contribution in [-0.4, -0.2) is 19.2 Å². The van der Waals surface area contributed by atoms with Gasteiger partial charge in [0, 0.05) is 12.5 Å². The second-order valence-electron chi connectivity index (χ2n) is 5.14. The van der Waals surface area contributed by atoms with E-state index < -0.39 is 0 Å². The van der Waals surface area contributed by atoms with Crippen molar-refractivity contribution in [2.45, 2.75) is 52.0 Å². The van der Waals surface area contributed by atoms with Crippen LogP contribution in [0.15, 0.2) is 18.2 Å². The number of hydrogen-bond acceptors (Lipinski definition) is 2. The number of ether oxygens (including phenoxy) is 1. The van der Waals surface area contributed by atoms with Crippen molar-refractivity contribution in [3.8, 4) is 5.75 Å². The fourth-order valence-corrected chi connectivity index (χ4v) is 2.54. The van der Waals surface area contributed by atoms with Gasteiger partial charge in [-0.3, -0.25) is 0 Å². The molecule has 2 rings (SSSR count). The minimum atomic E-state index is 0.662. The van der Waals surface area contributed by atoms with E-state index in [1.165, 1.54) is 36.8 Å². The molecule has 2 heteroatoms. The quantitative estimate of drug-likeness (QED) is 0.798. The van der Waals surface area contributed by atoms with Crippen molar-refractivity contribution in [1.29, 1.82) is 0 Å². The summed E-state index contributed by atoms with van der Waals surface area (Å²) in [4.78, 5) is 0. The monoisotopic (exact) mass is 247 g/mol. The highest BCUT2D eigenvalue weighted by Crippen LogP contribution is 2.26. The SMILES string of the molecule is CCCNC(CC)CCc1ccc2c(c1)CCO2. The van der Waals surface area contributed by atoms with E-state index in [-0.39, 0.29) is 0 Å². The van der Waals surface area contributed by atoms with Gasteiger partial charge in [-0.1, -0.05) is 26.0 Å². The first kappa shape index (κ1) is 13.4. The Hall–Kier alpha value is -1.02. The van der Waals surface area contributed by atoms with Crippen LogP contribution < -0.4 is 10.1 Å². The van der Waals surface area contributed by atoms with E-state index in [4.69, 9.17) is 4.74 Å². The lowest BCUT2D eigenvalue weighted by Crippen LogP contribution is -2.29. The summed E-state index contributed by atoms with van der Waals surface area (Å²) in [5.41, 5.74) is 2.85. The summed E-state index contributed by atoms with van der Waals surface area (Å²) >= 11 is 0. The minimum absolute atomic E-state index is 0.662. The van der Waals surface area contributed by atoms with Gasteiger partial charge in [-0.15, -0.1) is 0 Å². The maximum Gasteiger partial charge on any atom is 0.122 e. The van der Waals surface area contributed by atoms with Crippen LogP contribution in [0, 0.1) is 0 Å². The summed E-state index contributed by atoms with van der Waals surface area (Å²) < 4.78 is 5.54. The average Bonchev–Trinajstić information content (AvgIpc) is 2.86. The van der Waals surface area contributed by atoms with Crippen molar-refractivity contribution in [1.82, 2.24) is 5.32 Å². The number of hydrogen-bond donors (Lipinski definition) is 1. The van der Waals surface area contributed by atoms with Crippen LogP contribution in [-0.2, 0) is 12.8 Å². The van der Waals surface area contributed by atoms with Crippen LogP contribution in [0.4, 0.5) is 0 Å². The smallest absolute Gasteiger partial charge is 0.122 e. The fourth-order valence-electron chi connectivity index (χ4n) is 2.54. The van der Waals surface area contributed by atoms with E-state index in [9.17, 15) is 0 Å². The van der Waals surface area contributed by atoms with Gasteiger partial charge in [0.2, 0.25) is 0 Å². The maximum atomic E-state index is 5.54. The van der Waals surface area contributed by atoms with Gasteiger partial charge in [0.1, 0.15) is 5.75 Å². The molecule has 1 aromatic rings. The van der Waals surface area contributed by atoms with Gasteiger partial charge in [-0.05, 0) is 49.4 Å². The predicted octanol–water partition coefficient (Wildman–Crippen LogP) is 3.33. The summed E-state index contributed by atoms with van der Waals surface area (Å²) in [6.45, 7) is 6.48. The highest BCUT2D eigenvalue weighted by atomic mass is 16.5. The molecule has 0 fully saturated rings. The Balaban J connectivity index is 1.85. The highest BCUT2D eigenvalue weighted by molar-refractivity contribution is 5.39. The molecule has 1 unspecified atom stereocenters. The number of benzene rings is 1. The van der Waals surface area contributed by atoms with E-state index in [1.807, 2.05) is 0 Å². The van der Waals surface area contributed by atoms with Gasteiger partial charge in [0.25, 0.3) is 0 Å². The third-order valence-corrected chi connectivity index (χ3v) is 3.71. The molecular weight excluding hydrogens is 222 g/mol. The molecule has 0 aliphatic carbocycles. The second kappa shape index (κ2) is 6.79. The first-order valence-corrected chi connectivity index (χ1v) is 7.31. The minimum Gasteiger partial charge on any atom is -0.493 e. The third-order valence-electron chi connectivity index (χ3n) is 3.71. The first-order valence-electron chi connectivity index (χ1n) is 7.31. The molecule has 0 aromatic heterocycles. The molecule has 0 saturated heterocycles. The van der Waals surface area contributed by atoms with Gasteiger partial charge in [-0.25, -0.2) is 0 Å². The molecule has 18 heavy (non-hydrogen) atoms. The Morgan fingerprint density at radius 3 is 3.00 bits per heavy atom. The highest BCUT2D eigenvalue weighted by Gasteiger charge is 2.12. The molecule has 0 radical (unpaired) electrons. The molecule has 100 valence electrons. The van der Waals surface area contributed by atoms with Crippen LogP contribution in [0.1, 0.15) is 44.2 Å². The second-order valence-corrected chi connectivity index (χ2v) is 5.14. The number of rotatable bonds is 7. The lowest BCUT2D eigenvalue weighted by Gasteiger charge is -2.16. The predicted molar refractivity (Wildman–Crippen MR) is 76.3 cm³/mol. The molecule has 2 nitrogen and oxygen atoms in total. The van der Waals surface area contributed by atoms with E-state index in [1.54, 1.807) is 0 Å². The molecule has 1 atom stereocenters. The Kier molecular flexibility index (Phi) is 5.06. The standard InChI is InChI=1S/C16H25NO/c1-3-10-17-15(4-2)7-5-13-6-8-16-14(12-13)9-11-18-16/h6,8,12,15,17H,3-5,7,9-11H2,1-2H3. The fraction of sp³-hybridized carbons (Fsp3) is 0.625. The Morgan fingerprint density at radius 1 is 1.33 bits per heavy atom. The topological polar surface area (TPSA) is 21.3 Å². The number of nitrogens with one attached hydrogen (secondary N) is 1. The molecule has 0 amide bonds. The van der Waals surface area contributed by atoms with E-state index in [0.29, 0.717) is 6.04 Å². The van der Waals surface area contributed by atoms with Crippen molar-refractivity contribution < 1.29 is 4.74 Å². The summed E-state index contributed by atoms with van der Waals surface area (Å²) in [5.74, 6) is 1.09. The zero-order chi connectivity index (χ0) is 12.8. The number of aryl methyl sites for hydroxylation is 1. The molecule has 1 aliphatic rings. The summed E-state index contributed by atoms with van der Waals surface area (Å²) in [7, 11) is 0. The van der Waals surface area contributed by atoms with Gasteiger partial charge in [-0.2, -0.15) is 0 Å². The van der Waals surface area contributed by atoms with Gasteiger partial charge < -0.3 is 10.1 Å².